The Balaban J connectivity index is 0.00000261. The molecule has 27 heavy (non-hydrogen) atoms. The van der Waals surface area contributed by atoms with Crippen molar-refractivity contribution in [3.05, 3.63) is 60.2 Å². The van der Waals surface area contributed by atoms with E-state index < -0.39 is 0 Å². The first-order valence-electron chi connectivity index (χ1n) is 8.34. The SMILES string of the molecule is CC(=O)CC(=O)Nc1ccc(NCc2cccc3ccccc23)[nH+]c1N.[Cl-]. The van der Waals surface area contributed by atoms with Gasteiger partial charge >= 0.3 is 0 Å². The number of Topliss-reactive ketones (excluding diaryl/α,β-unsaturated/α-hetero) is 1. The smallest absolute Gasteiger partial charge is 0.241 e. The molecule has 0 unspecified atom stereocenters. The topological polar surface area (TPSA) is 98.4 Å². The standard InChI is InChI=1S/C20H20N4O2.ClH/c1-13(25)11-19(26)23-17-9-10-18(24-20(17)21)22-12-15-7-4-6-14-5-2-3-8-16(14)15;/h2-10H,11-12H2,1H3,(H,23,26)(H3,21,22,24);1H. The van der Waals surface area contributed by atoms with Gasteiger partial charge in [0.15, 0.2) is 0 Å². The molecule has 6 nitrogen and oxygen atoms in total. The largest absolute Gasteiger partial charge is 1.00 e. The Morgan fingerprint density at radius 3 is 2.52 bits per heavy atom. The molecule has 5 N–H and O–H groups in total. The van der Waals surface area contributed by atoms with Gasteiger partial charge in [-0.25, -0.2) is 4.98 Å². The third-order valence-corrected chi connectivity index (χ3v) is 4.01. The molecule has 0 aliphatic carbocycles. The summed E-state index contributed by atoms with van der Waals surface area (Å²) in [6.07, 6.45) is -0.166. The van der Waals surface area contributed by atoms with Gasteiger partial charge in [0, 0.05) is 6.07 Å². The number of nitrogens with two attached hydrogens (primary N) is 1. The average Bonchev–Trinajstić information content (AvgIpc) is 2.61. The number of halogens is 1. The van der Waals surface area contributed by atoms with E-state index in [1.54, 1.807) is 12.1 Å². The van der Waals surface area contributed by atoms with Gasteiger partial charge in [-0.15, -0.1) is 0 Å². The summed E-state index contributed by atoms with van der Waals surface area (Å²) in [6, 6.07) is 17.9. The predicted molar refractivity (Wildman–Crippen MR) is 103 cm³/mol. The summed E-state index contributed by atoms with van der Waals surface area (Å²) in [6.45, 7) is 2.00. The van der Waals surface area contributed by atoms with E-state index >= 15 is 0 Å². The number of ketones is 1. The molecule has 0 fully saturated rings. The molecule has 0 radical (unpaired) electrons. The number of pyridine rings is 1. The van der Waals surface area contributed by atoms with Crippen LogP contribution >= 0.6 is 0 Å². The number of H-pyrrole nitrogens is 1. The van der Waals surface area contributed by atoms with Crippen molar-refractivity contribution in [1.29, 1.82) is 0 Å². The zero-order valence-electron chi connectivity index (χ0n) is 14.9. The van der Waals surface area contributed by atoms with Crippen molar-refractivity contribution in [2.75, 3.05) is 16.4 Å². The van der Waals surface area contributed by atoms with Crippen LogP contribution in [0.1, 0.15) is 18.9 Å². The fraction of sp³-hybridized carbons (Fsp3) is 0.150. The Morgan fingerprint density at radius 1 is 1.04 bits per heavy atom. The molecule has 0 saturated carbocycles. The van der Waals surface area contributed by atoms with Crippen LogP contribution < -0.4 is 33.8 Å². The Bertz CT molecular complexity index is 970. The van der Waals surface area contributed by atoms with Crippen molar-refractivity contribution in [3.8, 4) is 0 Å². The Morgan fingerprint density at radius 2 is 1.78 bits per heavy atom. The molecule has 1 amide bonds. The minimum Gasteiger partial charge on any atom is -1.00 e. The van der Waals surface area contributed by atoms with Crippen LogP contribution in [0.4, 0.5) is 17.3 Å². The number of rotatable bonds is 6. The second-order valence-electron chi connectivity index (χ2n) is 6.12. The van der Waals surface area contributed by atoms with Gasteiger partial charge in [-0.1, -0.05) is 42.5 Å². The second-order valence-corrected chi connectivity index (χ2v) is 6.12. The maximum atomic E-state index is 11.7. The van der Waals surface area contributed by atoms with E-state index in [2.05, 4.69) is 39.9 Å². The number of fused-ring (bicyclic) bond motifs is 1. The molecule has 0 aliphatic heterocycles. The number of aromatic amines is 1. The number of amides is 1. The highest BCUT2D eigenvalue weighted by atomic mass is 35.5. The number of aromatic nitrogens is 1. The molecule has 0 aliphatic rings. The van der Waals surface area contributed by atoms with Gasteiger partial charge in [-0.3, -0.25) is 9.59 Å². The van der Waals surface area contributed by atoms with Gasteiger partial charge in [0.2, 0.25) is 17.5 Å². The van der Waals surface area contributed by atoms with Gasteiger partial charge in [0.1, 0.15) is 11.5 Å². The van der Waals surface area contributed by atoms with Crippen LogP contribution in [0.5, 0.6) is 0 Å². The number of hydrogen-bond donors (Lipinski definition) is 3. The average molecular weight is 385 g/mol. The fourth-order valence-electron chi connectivity index (χ4n) is 2.78. The lowest BCUT2D eigenvalue weighted by Crippen LogP contribution is -3.00. The quantitative estimate of drug-likeness (QED) is 0.511. The number of nitrogens with one attached hydrogen (secondary N) is 3. The summed E-state index contributed by atoms with van der Waals surface area (Å²) >= 11 is 0. The first-order valence-corrected chi connectivity index (χ1v) is 8.34. The summed E-state index contributed by atoms with van der Waals surface area (Å²) < 4.78 is 0. The number of anilines is 3. The van der Waals surface area contributed by atoms with E-state index in [1.807, 2.05) is 18.2 Å². The maximum Gasteiger partial charge on any atom is 0.241 e. The summed E-state index contributed by atoms with van der Waals surface area (Å²) in [7, 11) is 0. The van der Waals surface area contributed by atoms with Crippen molar-refractivity contribution in [2.24, 2.45) is 0 Å². The number of carbonyl (C=O) groups excluding carboxylic acids is 2. The van der Waals surface area contributed by atoms with Crippen LogP contribution in [0.25, 0.3) is 10.8 Å². The van der Waals surface area contributed by atoms with Crippen LogP contribution in [0.3, 0.4) is 0 Å². The molecule has 3 aromatic rings. The van der Waals surface area contributed by atoms with E-state index in [-0.39, 0.29) is 30.5 Å². The summed E-state index contributed by atoms with van der Waals surface area (Å²) in [5.41, 5.74) is 7.59. The number of nitrogen functional groups attached to an aromatic ring is 1. The first kappa shape index (κ1) is 20.2. The Kier molecular flexibility index (Phi) is 6.73. The lowest BCUT2D eigenvalue weighted by atomic mass is 10.0. The lowest BCUT2D eigenvalue weighted by molar-refractivity contribution is -0.342. The molecule has 0 atom stereocenters. The molecule has 7 heteroatoms. The third-order valence-electron chi connectivity index (χ3n) is 4.01. The minimum atomic E-state index is -0.380. The van der Waals surface area contributed by atoms with Gasteiger partial charge in [0.25, 0.3) is 0 Å². The summed E-state index contributed by atoms with van der Waals surface area (Å²) in [5.74, 6) is 0.484. The highest BCUT2D eigenvalue weighted by molar-refractivity contribution is 6.04. The summed E-state index contributed by atoms with van der Waals surface area (Å²) in [4.78, 5) is 25.7. The number of hydrogen-bond acceptors (Lipinski definition) is 4. The molecule has 0 bridgehead atoms. The molecule has 1 heterocycles. The van der Waals surface area contributed by atoms with E-state index in [0.29, 0.717) is 18.1 Å². The van der Waals surface area contributed by atoms with Crippen LogP contribution in [0, 0.1) is 0 Å². The van der Waals surface area contributed by atoms with Crippen molar-refractivity contribution < 1.29 is 27.0 Å². The normalized spacial score (nSPS) is 10.1. The van der Waals surface area contributed by atoms with Crippen LogP contribution in [-0.2, 0) is 16.1 Å². The first-order chi connectivity index (χ1) is 12.5. The molecule has 1 aromatic heterocycles. The lowest BCUT2D eigenvalue weighted by Gasteiger charge is -2.08. The van der Waals surface area contributed by atoms with Crippen molar-refractivity contribution in [2.45, 2.75) is 19.9 Å². The van der Waals surface area contributed by atoms with E-state index in [1.165, 1.54) is 23.3 Å². The summed E-state index contributed by atoms with van der Waals surface area (Å²) in [5, 5.41) is 8.32. The maximum absolute atomic E-state index is 11.7. The van der Waals surface area contributed by atoms with E-state index in [4.69, 9.17) is 5.73 Å². The Labute approximate surface area is 163 Å². The fourth-order valence-corrected chi connectivity index (χ4v) is 2.78. The molecular weight excluding hydrogens is 364 g/mol. The van der Waals surface area contributed by atoms with Gasteiger partial charge in [-0.05, 0) is 29.3 Å². The Hall–Kier alpha value is -3.12. The number of carbonyl (C=O) groups is 2. The molecule has 0 spiro atoms. The highest BCUT2D eigenvalue weighted by Crippen LogP contribution is 2.20. The molecular formula is C20H21ClN4O2. The zero-order valence-corrected chi connectivity index (χ0v) is 15.6. The third kappa shape index (κ3) is 5.18. The van der Waals surface area contributed by atoms with Crippen LogP contribution in [-0.4, -0.2) is 11.7 Å². The van der Waals surface area contributed by atoms with Crippen LogP contribution in [0.2, 0.25) is 0 Å². The van der Waals surface area contributed by atoms with E-state index in [9.17, 15) is 9.59 Å². The van der Waals surface area contributed by atoms with E-state index in [0.717, 1.165) is 5.82 Å². The van der Waals surface area contributed by atoms with Gasteiger partial charge in [-0.2, -0.15) is 0 Å². The zero-order chi connectivity index (χ0) is 18.5. The van der Waals surface area contributed by atoms with Gasteiger partial charge < -0.3 is 28.8 Å². The molecule has 140 valence electrons. The van der Waals surface area contributed by atoms with Crippen LogP contribution in [0.15, 0.2) is 54.6 Å². The van der Waals surface area contributed by atoms with Gasteiger partial charge in [0.05, 0.1) is 13.0 Å². The molecule has 0 saturated heterocycles. The highest BCUT2D eigenvalue weighted by Gasteiger charge is 2.12. The van der Waals surface area contributed by atoms with Crippen molar-refractivity contribution in [3.63, 3.8) is 0 Å². The van der Waals surface area contributed by atoms with Crippen molar-refractivity contribution >= 4 is 39.8 Å². The minimum absolute atomic E-state index is 0. The molecule has 2 aromatic carbocycles. The molecule has 3 rings (SSSR count). The monoisotopic (exact) mass is 384 g/mol. The second kappa shape index (κ2) is 9.00. The van der Waals surface area contributed by atoms with Crippen molar-refractivity contribution in [1.82, 2.24) is 0 Å². The number of benzene rings is 2. The predicted octanol–water partition coefficient (Wildman–Crippen LogP) is -0.230.